The molecule has 0 amide bonds. The van der Waals surface area contributed by atoms with Crippen molar-refractivity contribution in [1.82, 2.24) is 10.2 Å². The van der Waals surface area contributed by atoms with Crippen molar-refractivity contribution < 1.29 is 19.3 Å². The number of nitrogens with one attached hydrogen (secondary N) is 1. The van der Waals surface area contributed by atoms with Crippen LogP contribution >= 0.6 is 0 Å². The number of phenolic OH excluding ortho intramolecular Hbond substituents is 1. The van der Waals surface area contributed by atoms with Gasteiger partial charge in [-0.1, -0.05) is 6.92 Å². The lowest BCUT2D eigenvalue weighted by Crippen LogP contribution is -2.21. The van der Waals surface area contributed by atoms with E-state index >= 15 is 0 Å². The van der Waals surface area contributed by atoms with E-state index in [1.165, 1.54) is 14.2 Å². The van der Waals surface area contributed by atoms with Gasteiger partial charge in [-0.05, 0) is 24.1 Å². The standard InChI is InChI=1S/C17H18N4O4/c1-4-10-14-13(9(7-18)16(19)25-17(14)21-20-10)8-5-11(23-2)15(22)12(6-8)24-3/h5-6,13,22H,4,19H2,1-3H3,(H,20,21). The number of aromatic nitrogens is 2. The molecule has 1 aromatic heterocycles. The van der Waals surface area contributed by atoms with Crippen LogP contribution in [0.2, 0.25) is 0 Å². The molecule has 8 heteroatoms. The number of H-pyrrole nitrogens is 1. The quantitative estimate of drug-likeness (QED) is 0.774. The fraction of sp³-hybridized carbons (Fsp3) is 0.294. The van der Waals surface area contributed by atoms with Gasteiger partial charge in [0, 0.05) is 11.3 Å². The maximum atomic E-state index is 10.1. The number of ether oxygens (including phenoxy) is 3. The summed E-state index contributed by atoms with van der Waals surface area (Å²) in [6.45, 7) is 1.97. The maximum absolute atomic E-state index is 10.1. The third-order valence-corrected chi connectivity index (χ3v) is 4.21. The van der Waals surface area contributed by atoms with Gasteiger partial charge in [-0.2, -0.15) is 5.26 Å². The number of benzene rings is 1. The minimum atomic E-state index is -0.508. The number of nitrogens with zero attached hydrogens (tertiary/aromatic N) is 2. The average molecular weight is 342 g/mol. The van der Waals surface area contributed by atoms with Crippen molar-refractivity contribution in [2.75, 3.05) is 14.2 Å². The van der Waals surface area contributed by atoms with Crippen molar-refractivity contribution in [3.05, 3.63) is 40.4 Å². The van der Waals surface area contributed by atoms with Crippen molar-refractivity contribution in [2.45, 2.75) is 19.3 Å². The van der Waals surface area contributed by atoms with Crippen LogP contribution in [0.15, 0.2) is 23.6 Å². The van der Waals surface area contributed by atoms with Crippen molar-refractivity contribution in [3.8, 4) is 29.2 Å². The molecular formula is C17H18N4O4. The van der Waals surface area contributed by atoms with Crippen LogP contribution in [0.25, 0.3) is 0 Å². The van der Waals surface area contributed by atoms with E-state index in [4.69, 9.17) is 19.9 Å². The summed E-state index contributed by atoms with van der Waals surface area (Å²) >= 11 is 0. The highest BCUT2D eigenvalue weighted by Crippen LogP contribution is 2.47. The number of methoxy groups -OCH3 is 2. The molecule has 130 valence electrons. The van der Waals surface area contributed by atoms with Crippen LogP contribution in [0.5, 0.6) is 23.1 Å². The maximum Gasteiger partial charge on any atom is 0.244 e. The SMILES string of the molecule is CCc1[nH]nc2c1C(c1cc(OC)c(O)c(OC)c1)C(C#N)=C(N)O2. The predicted octanol–water partition coefficient (Wildman–Crippen LogP) is 1.91. The number of hydrogen-bond donors (Lipinski definition) is 3. The number of rotatable bonds is 4. The van der Waals surface area contributed by atoms with Gasteiger partial charge in [-0.3, -0.25) is 5.10 Å². The Hall–Kier alpha value is -3.34. The minimum absolute atomic E-state index is 0.000150. The highest BCUT2D eigenvalue weighted by Gasteiger charge is 2.35. The summed E-state index contributed by atoms with van der Waals surface area (Å²) < 4.78 is 15.9. The molecule has 0 radical (unpaired) electrons. The zero-order valence-electron chi connectivity index (χ0n) is 14.1. The lowest BCUT2D eigenvalue weighted by Gasteiger charge is -2.25. The van der Waals surface area contributed by atoms with E-state index in [0.29, 0.717) is 17.9 Å². The highest BCUT2D eigenvalue weighted by atomic mass is 16.5. The fourth-order valence-corrected chi connectivity index (χ4v) is 2.99. The lowest BCUT2D eigenvalue weighted by atomic mass is 9.83. The van der Waals surface area contributed by atoms with Gasteiger partial charge in [0.2, 0.25) is 17.5 Å². The first-order valence-electron chi connectivity index (χ1n) is 7.65. The van der Waals surface area contributed by atoms with Crippen molar-refractivity contribution in [2.24, 2.45) is 5.73 Å². The average Bonchev–Trinajstić information content (AvgIpc) is 3.03. The molecule has 1 aliphatic rings. The van der Waals surface area contributed by atoms with Gasteiger partial charge in [-0.15, -0.1) is 5.10 Å². The monoisotopic (exact) mass is 342 g/mol. The molecule has 1 aromatic carbocycles. The Labute approximate surface area is 144 Å². The molecule has 0 spiro atoms. The van der Waals surface area contributed by atoms with Crippen LogP contribution in [-0.4, -0.2) is 29.5 Å². The van der Waals surface area contributed by atoms with Gasteiger partial charge < -0.3 is 25.1 Å². The summed E-state index contributed by atoms with van der Waals surface area (Å²) in [4.78, 5) is 0. The lowest BCUT2D eigenvalue weighted by molar-refractivity contribution is 0.338. The second-order valence-electron chi connectivity index (χ2n) is 5.47. The number of aromatic amines is 1. The van der Waals surface area contributed by atoms with Gasteiger partial charge in [0.25, 0.3) is 0 Å². The molecule has 1 unspecified atom stereocenters. The summed E-state index contributed by atoms with van der Waals surface area (Å²) in [5, 5.41) is 26.8. The predicted molar refractivity (Wildman–Crippen MR) is 88.5 cm³/mol. The Morgan fingerprint density at radius 2 is 2.00 bits per heavy atom. The van der Waals surface area contributed by atoms with Crippen LogP contribution in [0.1, 0.15) is 29.7 Å². The molecule has 2 heterocycles. The molecule has 2 aromatic rings. The van der Waals surface area contributed by atoms with E-state index in [1.54, 1.807) is 12.1 Å². The Kier molecular flexibility index (Phi) is 4.15. The van der Waals surface area contributed by atoms with E-state index in [2.05, 4.69) is 16.3 Å². The van der Waals surface area contributed by atoms with Crippen LogP contribution in [0.3, 0.4) is 0 Å². The molecule has 0 aliphatic carbocycles. The first-order chi connectivity index (χ1) is 12.0. The number of fused-ring (bicyclic) bond motifs is 1. The molecule has 0 bridgehead atoms. The third-order valence-electron chi connectivity index (χ3n) is 4.21. The van der Waals surface area contributed by atoms with Gasteiger partial charge >= 0.3 is 0 Å². The van der Waals surface area contributed by atoms with Crippen molar-refractivity contribution in [1.29, 1.82) is 5.26 Å². The van der Waals surface area contributed by atoms with Crippen LogP contribution < -0.4 is 19.9 Å². The molecule has 0 fully saturated rings. The second kappa shape index (κ2) is 6.28. The number of aromatic hydroxyl groups is 1. The van der Waals surface area contributed by atoms with Gasteiger partial charge in [0.05, 0.1) is 20.1 Å². The van der Waals surface area contributed by atoms with E-state index in [1.807, 2.05) is 6.92 Å². The van der Waals surface area contributed by atoms with Crippen LogP contribution in [0.4, 0.5) is 0 Å². The first kappa shape index (κ1) is 16.5. The summed E-state index contributed by atoms with van der Waals surface area (Å²) in [6, 6.07) is 5.41. The molecule has 8 nitrogen and oxygen atoms in total. The summed E-state index contributed by atoms with van der Waals surface area (Å²) in [7, 11) is 2.89. The third kappa shape index (κ3) is 2.50. The zero-order valence-corrected chi connectivity index (χ0v) is 14.1. The van der Waals surface area contributed by atoms with E-state index in [-0.39, 0.29) is 28.7 Å². The summed E-state index contributed by atoms with van der Waals surface area (Å²) in [5.74, 6) is 0.189. The normalized spacial score (nSPS) is 16.0. The van der Waals surface area contributed by atoms with Crippen molar-refractivity contribution >= 4 is 0 Å². The van der Waals surface area contributed by atoms with Gasteiger partial charge in [-0.25, -0.2) is 0 Å². The Morgan fingerprint density at radius 3 is 2.52 bits per heavy atom. The Balaban J connectivity index is 2.28. The van der Waals surface area contributed by atoms with E-state index in [9.17, 15) is 10.4 Å². The Morgan fingerprint density at radius 1 is 1.36 bits per heavy atom. The Bertz CT molecular complexity index is 870. The van der Waals surface area contributed by atoms with Crippen LogP contribution in [0, 0.1) is 11.3 Å². The number of allylic oxidation sites excluding steroid dienone is 1. The van der Waals surface area contributed by atoms with E-state index in [0.717, 1.165) is 11.3 Å². The smallest absolute Gasteiger partial charge is 0.244 e. The number of nitriles is 1. The minimum Gasteiger partial charge on any atom is -0.502 e. The van der Waals surface area contributed by atoms with Gasteiger partial charge in [0.15, 0.2) is 11.5 Å². The number of nitrogens with two attached hydrogens (primary N) is 1. The zero-order chi connectivity index (χ0) is 18.1. The van der Waals surface area contributed by atoms with Gasteiger partial charge in [0.1, 0.15) is 11.6 Å². The number of hydrogen-bond acceptors (Lipinski definition) is 7. The molecule has 0 saturated carbocycles. The first-order valence-corrected chi connectivity index (χ1v) is 7.65. The molecule has 4 N–H and O–H groups in total. The molecule has 25 heavy (non-hydrogen) atoms. The topological polar surface area (TPSA) is 126 Å². The molecule has 0 saturated heterocycles. The van der Waals surface area contributed by atoms with E-state index < -0.39 is 5.92 Å². The highest BCUT2D eigenvalue weighted by molar-refractivity contribution is 5.60. The largest absolute Gasteiger partial charge is 0.502 e. The summed E-state index contributed by atoms with van der Waals surface area (Å²) in [6.07, 6.45) is 0.674. The van der Waals surface area contributed by atoms with Crippen LogP contribution in [-0.2, 0) is 6.42 Å². The molecule has 3 rings (SSSR count). The summed E-state index contributed by atoms with van der Waals surface area (Å²) in [5.41, 5.74) is 8.44. The second-order valence-corrected chi connectivity index (χ2v) is 5.47. The van der Waals surface area contributed by atoms with Crippen molar-refractivity contribution in [3.63, 3.8) is 0 Å². The fourth-order valence-electron chi connectivity index (χ4n) is 2.99. The number of phenols is 1. The molecule has 1 aliphatic heterocycles. The molecule has 1 atom stereocenters. The molecular weight excluding hydrogens is 324 g/mol. The number of aryl methyl sites for hydroxylation is 1.